The van der Waals surface area contributed by atoms with Crippen LogP contribution in [0.15, 0.2) is 108 Å². The molecule has 0 fully saturated rings. The Hall–Kier alpha value is -3.97. The topological polar surface area (TPSA) is 33.6 Å². The molecule has 1 atom stereocenters. The van der Waals surface area contributed by atoms with Crippen molar-refractivity contribution in [2.75, 3.05) is 13.7 Å². The fraction of sp³-hybridized carbons (Fsp3) is 0.316. The Kier molecular flexibility index (Phi) is 10.9. The van der Waals surface area contributed by atoms with Crippen LogP contribution in [0.5, 0.6) is 5.75 Å². The minimum atomic E-state index is -4.93. The van der Waals surface area contributed by atoms with Crippen molar-refractivity contribution < 1.29 is 31.1 Å². The highest BCUT2D eigenvalue weighted by atomic mass is 31.2. The standard InChI is InChI=1S/C38H41F6N2OP/c1-25-8-14-32(15-9-25)48(33-16-10-26(2)11-17-33,34-18-12-31(47-7)13-19-34)45-24-35(36(4,5)6)46-27(3)20-28-21-29(37(39,40)41)23-30(22-28)38(42,43)44/h8-19,21-23,35,46H,3,20,24H2,1-2,4-7H3/t35-/m1/s1. The Labute approximate surface area is 279 Å². The van der Waals surface area contributed by atoms with Gasteiger partial charge < -0.3 is 10.1 Å². The second-order valence-corrected chi connectivity index (χ2v) is 16.2. The lowest BCUT2D eigenvalue weighted by atomic mass is 9.86. The number of benzene rings is 4. The number of aryl methyl sites for hydroxylation is 2. The first-order chi connectivity index (χ1) is 22.3. The molecule has 0 aliphatic rings. The third kappa shape index (κ3) is 8.73. The molecule has 0 unspecified atom stereocenters. The summed E-state index contributed by atoms with van der Waals surface area (Å²) in [6.45, 7) is 14.4. The summed E-state index contributed by atoms with van der Waals surface area (Å²) >= 11 is 0. The zero-order chi connectivity index (χ0) is 35.5. The van der Waals surface area contributed by atoms with Gasteiger partial charge in [0.05, 0.1) is 37.9 Å². The number of methoxy groups -OCH3 is 1. The third-order valence-corrected chi connectivity index (χ3v) is 12.0. The third-order valence-electron chi connectivity index (χ3n) is 8.23. The lowest BCUT2D eigenvalue weighted by Gasteiger charge is -2.34. The van der Waals surface area contributed by atoms with E-state index in [2.05, 4.69) is 60.4 Å². The molecule has 0 heterocycles. The van der Waals surface area contributed by atoms with Crippen molar-refractivity contribution in [3.63, 3.8) is 0 Å². The fourth-order valence-electron chi connectivity index (χ4n) is 5.42. The maximum absolute atomic E-state index is 13.5. The van der Waals surface area contributed by atoms with Gasteiger partial charge in [-0.05, 0) is 67.3 Å². The minimum Gasteiger partial charge on any atom is -0.497 e. The number of halogens is 6. The van der Waals surface area contributed by atoms with Crippen molar-refractivity contribution in [2.45, 2.75) is 59.4 Å². The molecule has 48 heavy (non-hydrogen) atoms. The highest BCUT2D eigenvalue weighted by Gasteiger charge is 2.37. The van der Waals surface area contributed by atoms with Gasteiger partial charge >= 0.3 is 12.4 Å². The number of nitrogens with zero attached hydrogens (tertiary/aromatic N) is 1. The molecular weight excluding hydrogens is 645 g/mol. The smallest absolute Gasteiger partial charge is 0.416 e. The zero-order valence-corrected chi connectivity index (χ0v) is 28.8. The summed E-state index contributed by atoms with van der Waals surface area (Å²) in [7, 11) is -1.05. The molecule has 0 amide bonds. The van der Waals surface area contributed by atoms with Crippen LogP contribution in [-0.4, -0.2) is 19.7 Å². The van der Waals surface area contributed by atoms with E-state index in [0.717, 1.165) is 39.2 Å². The number of ether oxygens (including phenoxy) is 1. The minimum absolute atomic E-state index is 0.134. The van der Waals surface area contributed by atoms with Crippen LogP contribution in [0.1, 0.15) is 48.6 Å². The molecule has 1 N–H and O–H groups in total. The molecule has 0 radical (unpaired) electrons. The van der Waals surface area contributed by atoms with Gasteiger partial charge in [-0.2, -0.15) is 26.3 Å². The van der Waals surface area contributed by atoms with Crippen molar-refractivity contribution in [2.24, 2.45) is 10.2 Å². The van der Waals surface area contributed by atoms with Gasteiger partial charge in [-0.1, -0.05) is 87.0 Å². The number of allylic oxidation sites excluding steroid dienone is 1. The van der Waals surface area contributed by atoms with Gasteiger partial charge in [0.25, 0.3) is 0 Å². The van der Waals surface area contributed by atoms with Crippen molar-refractivity contribution in [3.05, 3.63) is 131 Å². The number of hydrogen-bond acceptors (Lipinski definition) is 3. The van der Waals surface area contributed by atoms with Gasteiger partial charge in [0.15, 0.2) is 0 Å². The molecule has 3 nitrogen and oxygen atoms in total. The molecule has 4 aromatic rings. The second-order valence-electron chi connectivity index (χ2n) is 13.1. The maximum atomic E-state index is 13.5. The molecule has 0 aromatic heterocycles. The van der Waals surface area contributed by atoms with Crippen LogP contribution >= 0.6 is 7.05 Å². The number of alkyl halides is 6. The molecule has 0 aliphatic heterocycles. The van der Waals surface area contributed by atoms with E-state index in [0.29, 0.717) is 5.75 Å². The quantitative estimate of drug-likeness (QED) is 0.133. The van der Waals surface area contributed by atoms with Crippen LogP contribution in [0.4, 0.5) is 26.3 Å². The van der Waals surface area contributed by atoms with Gasteiger partial charge in [-0.3, -0.25) is 4.74 Å². The summed E-state index contributed by atoms with van der Waals surface area (Å²) < 4.78 is 92.2. The molecule has 4 aromatic carbocycles. The van der Waals surface area contributed by atoms with Crippen LogP contribution in [0.3, 0.4) is 0 Å². The van der Waals surface area contributed by atoms with E-state index in [1.807, 2.05) is 58.9 Å². The summed E-state index contributed by atoms with van der Waals surface area (Å²) in [6, 6.07) is 25.8. The van der Waals surface area contributed by atoms with Crippen molar-refractivity contribution in [3.8, 4) is 5.75 Å². The SMILES string of the molecule is C=C(Cc1cc(C(F)(F)F)cc(C(F)(F)F)c1)N[C@H](CN=P(c1ccc(C)cc1)(c1ccc(C)cc1)c1ccc(OC)cc1)C(C)(C)C. The predicted molar refractivity (Wildman–Crippen MR) is 184 cm³/mol. The molecule has 0 saturated heterocycles. The fourth-order valence-corrected chi connectivity index (χ4v) is 8.95. The average molecular weight is 687 g/mol. The summed E-state index contributed by atoms with van der Waals surface area (Å²) in [5.74, 6) is 0.707. The molecular formula is C38H41F6N2OP. The van der Waals surface area contributed by atoms with Gasteiger partial charge in [-0.15, -0.1) is 0 Å². The molecule has 0 aliphatic carbocycles. The normalized spacial score (nSPS) is 13.2. The summed E-state index contributed by atoms with van der Waals surface area (Å²) in [5.41, 5.74) is -0.780. The van der Waals surface area contributed by atoms with Crippen molar-refractivity contribution in [1.29, 1.82) is 0 Å². The Morgan fingerprint density at radius 1 is 0.729 bits per heavy atom. The predicted octanol–water partition coefficient (Wildman–Crippen LogP) is 9.59. The number of hydrogen-bond donors (Lipinski definition) is 1. The van der Waals surface area contributed by atoms with E-state index >= 15 is 0 Å². The lowest BCUT2D eigenvalue weighted by Crippen LogP contribution is -2.42. The van der Waals surface area contributed by atoms with Crippen molar-refractivity contribution >= 4 is 23.0 Å². The maximum Gasteiger partial charge on any atom is 0.416 e. The molecule has 0 spiro atoms. The van der Waals surface area contributed by atoms with E-state index in [-0.39, 0.29) is 36.3 Å². The monoisotopic (exact) mass is 686 g/mol. The highest BCUT2D eigenvalue weighted by Crippen LogP contribution is 2.47. The molecule has 4 rings (SSSR count). The summed E-state index contributed by atoms with van der Waals surface area (Å²) in [4.78, 5) is 0. The Bertz CT molecular complexity index is 1690. The van der Waals surface area contributed by atoms with Crippen LogP contribution in [0.25, 0.3) is 0 Å². The molecule has 0 bridgehead atoms. The second kappa shape index (κ2) is 14.3. The van der Waals surface area contributed by atoms with Gasteiger partial charge in [0.1, 0.15) is 5.75 Å². The number of rotatable bonds is 10. The van der Waals surface area contributed by atoms with E-state index in [4.69, 9.17) is 9.48 Å². The Morgan fingerprint density at radius 3 is 1.52 bits per heavy atom. The number of nitrogens with one attached hydrogen (secondary N) is 1. The Balaban J connectivity index is 1.81. The van der Waals surface area contributed by atoms with Crippen molar-refractivity contribution in [1.82, 2.24) is 5.32 Å². The van der Waals surface area contributed by atoms with Crippen LogP contribution in [0.2, 0.25) is 0 Å². The average Bonchev–Trinajstić information content (AvgIpc) is 3.01. The highest BCUT2D eigenvalue weighted by molar-refractivity contribution is 7.87. The van der Waals surface area contributed by atoms with E-state index in [9.17, 15) is 26.3 Å². The van der Waals surface area contributed by atoms with Crippen LogP contribution < -0.4 is 26.0 Å². The lowest BCUT2D eigenvalue weighted by molar-refractivity contribution is -0.143. The van der Waals surface area contributed by atoms with E-state index in [1.54, 1.807) is 7.11 Å². The summed E-state index contributed by atoms with van der Waals surface area (Å²) in [6.07, 6.45) is -10.1. The molecule has 0 saturated carbocycles. The first kappa shape index (κ1) is 36.9. The van der Waals surface area contributed by atoms with Gasteiger partial charge in [0.2, 0.25) is 0 Å². The van der Waals surface area contributed by atoms with Crippen LogP contribution in [0, 0.1) is 19.3 Å². The van der Waals surface area contributed by atoms with Gasteiger partial charge in [-0.25, -0.2) is 0 Å². The van der Waals surface area contributed by atoms with E-state index < -0.39 is 35.9 Å². The summed E-state index contributed by atoms with van der Waals surface area (Å²) in [5, 5.41) is 6.42. The van der Waals surface area contributed by atoms with Crippen LogP contribution in [-0.2, 0) is 18.8 Å². The first-order valence-corrected chi connectivity index (χ1v) is 17.2. The Morgan fingerprint density at radius 2 is 1.15 bits per heavy atom. The zero-order valence-electron chi connectivity index (χ0n) is 27.9. The largest absolute Gasteiger partial charge is 0.497 e. The molecule has 10 heteroatoms. The van der Waals surface area contributed by atoms with E-state index in [1.165, 1.54) is 0 Å². The first-order valence-electron chi connectivity index (χ1n) is 15.4. The van der Waals surface area contributed by atoms with Gasteiger partial charge in [0, 0.05) is 28.0 Å². The molecule has 256 valence electrons.